The number of ether oxygens (including phenoxy) is 1. The zero-order valence-electron chi connectivity index (χ0n) is 9.90. The number of aromatic nitrogens is 2. The summed E-state index contributed by atoms with van der Waals surface area (Å²) in [5.41, 5.74) is 1.58. The van der Waals surface area contributed by atoms with E-state index in [1.165, 1.54) is 0 Å². The van der Waals surface area contributed by atoms with Crippen LogP contribution in [-0.4, -0.2) is 28.5 Å². The summed E-state index contributed by atoms with van der Waals surface area (Å²) >= 11 is 0. The number of imidazole rings is 1. The zero-order valence-corrected chi connectivity index (χ0v) is 9.90. The molecule has 0 fully saturated rings. The first-order valence-electron chi connectivity index (χ1n) is 5.59. The Balaban J connectivity index is 2.00. The highest BCUT2D eigenvalue weighted by Gasteiger charge is 2.12. The summed E-state index contributed by atoms with van der Waals surface area (Å²) in [7, 11) is 0. The number of benzene rings is 1. The second-order valence-corrected chi connectivity index (χ2v) is 3.63. The largest absolute Gasteiger partial charge is 0.466 e. The van der Waals surface area contributed by atoms with E-state index < -0.39 is 11.9 Å². The van der Waals surface area contributed by atoms with E-state index >= 15 is 0 Å². The number of carbonyl (C=O) groups excluding carboxylic acids is 2. The number of para-hydroxylation sites is 2. The molecule has 0 aliphatic carbocycles. The third kappa shape index (κ3) is 2.85. The highest BCUT2D eigenvalue weighted by atomic mass is 16.5. The van der Waals surface area contributed by atoms with Crippen molar-refractivity contribution in [3.63, 3.8) is 0 Å². The van der Waals surface area contributed by atoms with Crippen LogP contribution < -0.4 is 5.32 Å². The van der Waals surface area contributed by atoms with E-state index in [-0.39, 0.29) is 13.0 Å². The maximum atomic E-state index is 11.5. The highest BCUT2D eigenvalue weighted by Crippen LogP contribution is 2.13. The van der Waals surface area contributed by atoms with Crippen LogP contribution in [0.5, 0.6) is 0 Å². The van der Waals surface area contributed by atoms with Crippen molar-refractivity contribution in [2.75, 3.05) is 11.9 Å². The number of aromatic amines is 1. The van der Waals surface area contributed by atoms with Crippen LogP contribution in [0.3, 0.4) is 0 Å². The van der Waals surface area contributed by atoms with Crippen molar-refractivity contribution < 1.29 is 14.3 Å². The van der Waals surface area contributed by atoms with Gasteiger partial charge in [0, 0.05) is 0 Å². The minimum atomic E-state index is -0.550. The van der Waals surface area contributed by atoms with E-state index in [4.69, 9.17) is 0 Å². The summed E-state index contributed by atoms with van der Waals surface area (Å²) in [5, 5.41) is 2.51. The number of hydrogen-bond acceptors (Lipinski definition) is 4. The predicted octanol–water partition coefficient (Wildman–Crippen LogP) is 1.45. The lowest BCUT2D eigenvalue weighted by atomic mass is 10.3. The Hall–Kier alpha value is -2.37. The minimum absolute atomic E-state index is 0.261. The van der Waals surface area contributed by atoms with Crippen molar-refractivity contribution in [1.82, 2.24) is 9.97 Å². The van der Waals surface area contributed by atoms with E-state index in [9.17, 15) is 9.59 Å². The number of carbonyl (C=O) groups is 2. The van der Waals surface area contributed by atoms with Crippen molar-refractivity contribution >= 4 is 28.9 Å². The summed E-state index contributed by atoms with van der Waals surface area (Å²) in [4.78, 5) is 29.7. The molecule has 0 aliphatic rings. The predicted molar refractivity (Wildman–Crippen MR) is 66.0 cm³/mol. The average molecular weight is 247 g/mol. The van der Waals surface area contributed by atoms with Gasteiger partial charge in [-0.25, -0.2) is 4.98 Å². The van der Waals surface area contributed by atoms with Crippen molar-refractivity contribution in [1.29, 1.82) is 0 Å². The average Bonchev–Trinajstić information content (AvgIpc) is 2.70. The Bertz CT molecular complexity index is 544. The molecule has 1 aromatic carbocycles. The van der Waals surface area contributed by atoms with E-state index in [0.29, 0.717) is 5.95 Å². The molecule has 2 rings (SSSR count). The van der Waals surface area contributed by atoms with E-state index in [0.717, 1.165) is 11.0 Å². The van der Waals surface area contributed by atoms with Gasteiger partial charge in [-0.05, 0) is 19.1 Å². The molecule has 1 aromatic heterocycles. The third-order valence-corrected chi connectivity index (χ3v) is 2.26. The normalized spacial score (nSPS) is 10.3. The van der Waals surface area contributed by atoms with Gasteiger partial charge in [0.15, 0.2) is 0 Å². The summed E-state index contributed by atoms with van der Waals surface area (Å²) in [6.07, 6.45) is -0.315. The van der Waals surface area contributed by atoms with Crippen LogP contribution in [0.1, 0.15) is 13.3 Å². The molecular formula is C12H13N3O3. The molecule has 6 nitrogen and oxygen atoms in total. The number of rotatable bonds is 4. The third-order valence-electron chi connectivity index (χ3n) is 2.26. The Morgan fingerprint density at radius 3 is 2.89 bits per heavy atom. The summed E-state index contributed by atoms with van der Waals surface area (Å²) in [6, 6.07) is 7.40. The number of nitrogens with zero attached hydrogens (tertiary/aromatic N) is 1. The molecule has 1 amide bonds. The highest BCUT2D eigenvalue weighted by molar-refractivity contribution is 6.01. The van der Waals surface area contributed by atoms with Crippen molar-refractivity contribution in [2.24, 2.45) is 0 Å². The lowest BCUT2D eigenvalue weighted by molar-refractivity contribution is -0.145. The first-order chi connectivity index (χ1) is 8.69. The van der Waals surface area contributed by atoms with Gasteiger partial charge in [0.25, 0.3) is 0 Å². The second-order valence-electron chi connectivity index (χ2n) is 3.63. The van der Waals surface area contributed by atoms with Gasteiger partial charge in [-0.15, -0.1) is 0 Å². The Morgan fingerprint density at radius 2 is 2.17 bits per heavy atom. The van der Waals surface area contributed by atoms with E-state index in [2.05, 4.69) is 20.0 Å². The standard InChI is InChI=1S/C12H13N3O3/c1-2-18-11(17)7-10(16)15-12-13-8-5-3-4-6-9(8)14-12/h3-6H,2,7H2,1H3,(H2,13,14,15,16). The summed E-state index contributed by atoms with van der Waals surface area (Å²) < 4.78 is 4.68. The van der Waals surface area contributed by atoms with Crippen LogP contribution in [0.4, 0.5) is 5.95 Å². The monoisotopic (exact) mass is 247 g/mol. The molecule has 0 aliphatic heterocycles. The van der Waals surface area contributed by atoms with Crippen LogP contribution in [0.2, 0.25) is 0 Å². The van der Waals surface area contributed by atoms with Crippen LogP contribution in [0, 0.1) is 0 Å². The quantitative estimate of drug-likeness (QED) is 0.632. The topological polar surface area (TPSA) is 84.1 Å². The molecule has 18 heavy (non-hydrogen) atoms. The molecule has 2 aromatic rings. The number of nitrogens with one attached hydrogen (secondary N) is 2. The molecule has 0 unspecified atom stereocenters. The lowest BCUT2D eigenvalue weighted by Gasteiger charge is -2.01. The molecule has 2 N–H and O–H groups in total. The fourth-order valence-electron chi connectivity index (χ4n) is 1.53. The fraction of sp³-hybridized carbons (Fsp3) is 0.250. The SMILES string of the molecule is CCOC(=O)CC(=O)Nc1nc2ccccc2[nH]1. The molecule has 1 heterocycles. The van der Waals surface area contributed by atoms with Crippen molar-refractivity contribution in [3.05, 3.63) is 24.3 Å². The fourth-order valence-corrected chi connectivity index (χ4v) is 1.53. The number of hydrogen-bond donors (Lipinski definition) is 2. The van der Waals surface area contributed by atoms with Gasteiger partial charge in [-0.3, -0.25) is 14.9 Å². The molecule has 0 atom stereocenters. The summed E-state index contributed by atoms with van der Waals surface area (Å²) in [6.45, 7) is 1.95. The van der Waals surface area contributed by atoms with Crippen molar-refractivity contribution in [2.45, 2.75) is 13.3 Å². The molecule has 0 spiro atoms. The first kappa shape index (κ1) is 12.1. The van der Waals surface area contributed by atoms with Crippen LogP contribution in [0.25, 0.3) is 11.0 Å². The molecule has 0 saturated heterocycles. The Kier molecular flexibility index (Phi) is 3.57. The molecule has 0 radical (unpaired) electrons. The van der Waals surface area contributed by atoms with Crippen LogP contribution >= 0.6 is 0 Å². The molecule has 6 heteroatoms. The Labute approximate surface area is 103 Å². The number of H-pyrrole nitrogens is 1. The van der Waals surface area contributed by atoms with Crippen LogP contribution in [0.15, 0.2) is 24.3 Å². The lowest BCUT2D eigenvalue weighted by Crippen LogP contribution is -2.18. The van der Waals surface area contributed by atoms with Crippen LogP contribution in [-0.2, 0) is 14.3 Å². The number of esters is 1. The maximum absolute atomic E-state index is 11.5. The molecule has 0 bridgehead atoms. The van der Waals surface area contributed by atoms with Gasteiger partial charge in [-0.1, -0.05) is 12.1 Å². The molecule has 94 valence electrons. The Morgan fingerprint density at radius 1 is 1.39 bits per heavy atom. The van der Waals surface area contributed by atoms with E-state index in [1.807, 2.05) is 24.3 Å². The zero-order chi connectivity index (χ0) is 13.0. The maximum Gasteiger partial charge on any atom is 0.315 e. The smallest absolute Gasteiger partial charge is 0.315 e. The number of fused-ring (bicyclic) bond motifs is 1. The minimum Gasteiger partial charge on any atom is -0.466 e. The first-order valence-corrected chi connectivity index (χ1v) is 5.59. The van der Waals surface area contributed by atoms with Gasteiger partial charge in [0.1, 0.15) is 6.42 Å². The van der Waals surface area contributed by atoms with Gasteiger partial charge in [0.05, 0.1) is 17.6 Å². The molecular weight excluding hydrogens is 234 g/mol. The number of amides is 1. The van der Waals surface area contributed by atoms with Gasteiger partial charge < -0.3 is 9.72 Å². The van der Waals surface area contributed by atoms with Gasteiger partial charge in [0.2, 0.25) is 11.9 Å². The number of anilines is 1. The summed E-state index contributed by atoms with van der Waals surface area (Å²) in [5.74, 6) is -0.677. The van der Waals surface area contributed by atoms with E-state index in [1.54, 1.807) is 6.92 Å². The second kappa shape index (κ2) is 5.31. The van der Waals surface area contributed by atoms with Gasteiger partial charge in [-0.2, -0.15) is 0 Å². The van der Waals surface area contributed by atoms with Crippen molar-refractivity contribution in [3.8, 4) is 0 Å². The van der Waals surface area contributed by atoms with Gasteiger partial charge >= 0.3 is 5.97 Å². The molecule has 0 saturated carbocycles.